The summed E-state index contributed by atoms with van der Waals surface area (Å²) in [5.41, 5.74) is 8.13. The van der Waals surface area contributed by atoms with E-state index in [2.05, 4.69) is 5.32 Å². The van der Waals surface area contributed by atoms with Crippen molar-refractivity contribution in [2.75, 3.05) is 14.2 Å². The number of imide groups is 1. The summed E-state index contributed by atoms with van der Waals surface area (Å²) in [4.78, 5) is 24.3. The zero-order valence-electron chi connectivity index (χ0n) is 13.2. The second-order valence-corrected chi connectivity index (χ2v) is 5.21. The number of nitrogens with one attached hydrogen (secondary N) is 1. The van der Waals surface area contributed by atoms with Gasteiger partial charge in [0.25, 0.3) is 0 Å². The molecule has 6 heteroatoms. The van der Waals surface area contributed by atoms with Crippen molar-refractivity contribution in [1.82, 2.24) is 10.2 Å². The lowest BCUT2D eigenvalue weighted by atomic mass is 10.0. The van der Waals surface area contributed by atoms with Crippen molar-refractivity contribution in [3.63, 3.8) is 0 Å². The van der Waals surface area contributed by atoms with Crippen LogP contribution < -0.4 is 15.8 Å². The summed E-state index contributed by atoms with van der Waals surface area (Å²) >= 11 is 0. The Morgan fingerprint density at radius 1 is 1.33 bits per heavy atom. The molecule has 0 fully saturated rings. The first-order valence-corrected chi connectivity index (χ1v) is 6.71. The molecule has 0 saturated heterocycles. The van der Waals surface area contributed by atoms with E-state index in [-0.39, 0.29) is 0 Å². The molecule has 3 amide bonds. The second kappa shape index (κ2) is 7.08. The Morgan fingerprint density at radius 2 is 1.86 bits per heavy atom. The van der Waals surface area contributed by atoms with Crippen molar-refractivity contribution >= 4 is 11.9 Å². The first-order valence-electron chi connectivity index (χ1n) is 6.71. The summed E-state index contributed by atoms with van der Waals surface area (Å²) in [7, 11) is 3.47. The highest BCUT2D eigenvalue weighted by molar-refractivity contribution is 5.96. The van der Waals surface area contributed by atoms with Gasteiger partial charge < -0.3 is 10.5 Å². The Hall–Kier alpha value is -2.08. The van der Waals surface area contributed by atoms with Gasteiger partial charge in [0.2, 0.25) is 5.91 Å². The van der Waals surface area contributed by atoms with E-state index in [1.54, 1.807) is 14.0 Å². The molecule has 21 heavy (non-hydrogen) atoms. The first-order chi connectivity index (χ1) is 9.76. The van der Waals surface area contributed by atoms with Crippen LogP contribution in [-0.2, 0) is 11.3 Å². The normalized spacial score (nSPS) is 12.1. The standard InChI is InChI=1S/C15H23N3O3/c1-9-6-12(7-10(2)13(9)21-5)8-18(4)11(3)14(19)17-15(16)20/h6-7,11H,8H2,1-5H3,(H3,16,17,19,20)/t11-/m0/s1. The third kappa shape index (κ3) is 4.46. The number of carbonyl (C=O) groups excluding carboxylic acids is 2. The van der Waals surface area contributed by atoms with Crippen LogP contribution in [0.4, 0.5) is 4.79 Å². The Labute approximate surface area is 125 Å². The van der Waals surface area contributed by atoms with Gasteiger partial charge in [-0.3, -0.25) is 15.0 Å². The second-order valence-electron chi connectivity index (χ2n) is 5.21. The molecule has 0 spiro atoms. The number of urea groups is 1. The quantitative estimate of drug-likeness (QED) is 0.857. The topological polar surface area (TPSA) is 84.7 Å². The molecule has 1 aromatic carbocycles. The zero-order valence-corrected chi connectivity index (χ0v) is 13.2. The fourth-order valence-corrected chi connectivity index (χ4v) is 2.30. The Morgan fingerprint density at radius 3 is 2.29 bits per heavy atom. The number of methoxy groups -OCH3 is 1. The van der Waals surface area contributed by atoms with Crippen molar-refractivity contribution in [2.24, 2.45) is 5.73 Å². The van der Waals surface area contributed by atoms with E-state index in [1.807, 2.05) is 37.9 Å². The number of nitrogens with two attached hydrogens (primary N) is 1. The average molecular weight is 293 g/mol. The maximum atomic E-state index is 11.7. The van der Waals surface area contributed by atoms with E-state index in [0.29, 0.717) is 6.54 Å². The molecule has 0 bridgehead atoms. The van der Waals surface area contributed by atoms with E-state index in [1.165, 1.54) is 0 Å². The summed E-state index contributed by atoms with van der Waals surface area (Å²) < 4.78 is 5.34. The predicted octanol–water partition coefficient (Wildman–Crippen LogP) is 1.33. The first kappa shape index (κ1) is 17.0. The molecule has 0 aromatic heterocycles. The van der Waals surface area contributed by atoms with E-state index in [4.69, 9.17) is 10.5 Å². The molecule has 3 N–H and O–H groups in total. The lowest BCUT2D eigenvalue weighted by Gasteiger charge is -2.24. The van der Waals surface area contributed by atoms with Gasteiger partial charge in [0, 0.05) is 6.54 Å². The lowest BCUT2D eigenvalue weighted by molar-refractivity contribution is -0.124. The highest BCUT2D eigenvalue weighted by atomic mass is 16.5. The molecule has 0 aliphatic rings. The molecule has 0 aliphatic carbocycles. The van der Waals surface area contributed by atoms with Gasteiger partial charge in [-0.1, -0.05) is 12.1 Å². The number of likely N-dealkylation sites (N-methyl/N-ethyl adjacent to an activating group) is 1. The predicted molar refractivity (Wildman–Crippen MR) is 81.1 cm³/mol. The Bertz CT molecular complexity index is 520. The summed E-state index contributed by atoms with van der Waals surface area (Å²) in [6, 6.07) is 2.76. The van der Waals surface area contributed by atoms with Crippen LogP contribution in [-0.4, -0.2) is 37.0 Å². The van der Waals surface area contributed by atoms with Crippen molar-refractivity contribution in [1.29, 1.82) is 0 Å². The maximum Gasteiger partial charge on any atom is 0.318 e. The molecule has 1 rings (SSSR count). The number of rotatable bonds is 5. The number of primary amides is 1. The van der Waals surface area contributed by atoms with Gasteiger partial charge >= 0.3 is 6.03 Å². The molecular weight excluding hydrogens is 270 g/mol. The molecule has 116 valence electrons. The Kier molecular flexibility index (Phi) is 5.72. The fraction of sp³-hybridized carbons (Fsp3) is 0.467. The number of hydrogen-bond acceptors (Lipinski definition) is 4. The third-order valence-corrected chi connectivity index (χ3v) is 3.44. The van der Waals surface area contributed by atoms with E-state index in [9.17, 15) is 9.59 Å². The smallest absolute Gasteiger partial charge is 0.318 e. The zero-order chi connectivity index (χ0) is 16.2. The van der Waals surface area contributed by atoms with Crippen LogP contribution in [0.2, 0.25) is 0 Å². The number of hydrogen-bond donors (Lipinski definition) is 2. The van der Waals surface area contributed by atoms with Gasteiger partial charge in [-0.15, -0.1) is 0 Å². The van der Waals surface area contributed by atoms with Gasteiger partial charge in [-0.2, -0.15) is 0 Å². The highest BCUT2D eigenvalue weighted by Crippen LogP contribution is 2.25. The van der Waals surface area contributed by atoms with E-state index >= 15 is 0 Å². The van der Waals surface area contributed by atoms with Gasteiger partial charge in [0.05, 0.1) is 13.2 Å². The fourth-order valence-electron chi connectivity index (χ4n) is 2.30. The number of amides is 3. The molecule has 0 unspecified atom stereocenters. The summed E-state index contributed by atoms with van der Waals surface area (Å²) in [6.45, 7) is 6.28. The molecular formula is C15H23N3O3. The molecule has 0 aliphatic heterocycles. The van der Waals surface area contributed by atoms with Crippen LogP contribution >= 0.6 is 0 Å². The molecule has 0 radical (unpaired) electrons. The van der Waals surface area contributed by atoms with Gasteiger partial charge in [0.1, 0.15) is 5.75 Å². The van der Waals surface area contributed by atoms with Crippen LogP contribution in [0.1, 0.15) is 23.6 Å². The SMILES string of the molecule is COc1c(C)cc(CN(C)[C@@H](C)C(=O)NC(N)=O)cc1C. The molecule has 6 nitrogen and oxygen atoms in total. The highest BCUT2D eigenvalue weighted by Gasteiger charge is 2.19. The number of carbonyl (C=O) groups is 2. The number of benzene rings is 1. The third-order valence-electron chi connectivity index (χ3n) is 3.44. The monoisotopic (exact) mass is 293 g/mol. The Balaban J connectivity index is 2.81. The van der Waals surface area contributed by atoms with Gasteiger partial charge in [-0.05, 0) is 44.5 Å². The van der Waals surface area contributed by atoms with Crippen LogP contribution in [0.3, 0.4) is 0 Å². The van der Waals surface area contributed by atoms with Crippen molar-refractivity contribution in [3.05, 3.63) is 28.8 Å². The number of ether oxygens (including phenoxy) is 1. The largest absolute Gasteiger partial charge is 0.496 e. The van der Waals surface area contributed by atoms with E-state index < -0.39 is 18.0 Å². The van der Waals surface area contributed by atoms with Crippen LogP contribution in [0.5, 0.6) is 5.75 Å². The van der Waals surface area contributed by atoms with Crippen molar-refractivity contribution < 1.29 is 14.3 Å². The minimum atomic E-state index is -0.837. The minimum Gasteiger partial charge on any atom is -0.496 e. The molecule has 0 heterocycles. The van der Waals surface area contributed by atoms with Crippen molar-refractivity contribution in [2.45, 2.75) is 33.4 Å². The molecule has 1 aromatic rings. The summed E-state index contributed by atoms with van der Waals surface area (Å²) in [5, 5.41) is 2.09. The summed E-state index contributed by atoms with van der Waals surface area (Å²) in [5.74, 6) is 0.466. The number of nitrogens with zero attached hydrogens (tertiary/aromatic N) is 1. The maximum absolute atomic E-state index is 11.7. The van der Waals surface area contributed by atoms with Crippen molar-refractivity contribution in [3.8, 4) is 5.75 Å². The van der Waals surface area contributed by atoms with Crippen LogP contribution in [0, 0.1) is 13.8 Å². The van der Waals surface area contributed by atoms with E-state index in [0.717, 1.165) is 22.4 Å². The summed E-state index contributed by atoms with van der Waals surface area (Å²) in [6.07, 6.45) is 0. The molecule has 1 atom stereocenters. The molecule has 0 saturated carbocycles. The van der Waals surface area contributed by atoms with Crippen LogP contribution in [0.15, 0.2) is 12.1 Å². The minimum absolute atomic E-state index is 0.410. The lowest BCUT2D eigenvalue weighted by Crippen LogP contribution is -2.46. The number of aryl methyl sites for hydroxylation is 2. The van der Waals surface area contributed by atoms with Crippen LogP contribution in [0.25, 0.3) is 0 Å². The average Bonchev–Trinajstić information content (AvgIpc) is 2.36. The van der Waals surface area contributed by atoms with Gasteiger partial charge in [0.15, 0.2) is 0 Å². The van der Waals surface area contributed by atoms with Gasteiger partial charge in [-0.25, -0.2) is 4.79 Å².